The van der Waals surface area contributed by atoms with Gasteiger partial charge in [-0.3, -0.25) is 9.78 Å². The minimum Gasteiger partial charge on any atom is -0.397 e. The number of para-hydroxylation sites is 1. The van der Waals surface area contributed by atoms with Crippen LogP contribution in [0.4, 0.5) is 36.1 Å². The fraction of sp³-hybridized carbons (Fsp3) is 0.0385. The van der Waals surface area contributed by atoms with E-state index in [1.807, 2.05) is 24.3 Å². The van der Waals surface area contributed by atoms with E-state index in [1.165, 1.54) is 18.3 Å². The molecule has 174 valence electrons. The first-order valence-electron chi connectivity index (χ1n) is 10.6. The van der Waals surface area contributed by atoms with Gasteiger partial charge in [0.15, 0.2) is 0 Å². The van der Waals surface area contributed by atoms with E-state index in [-0.39, 0.29) is 11.4 Å². The van der Waals surface area contributed by atoms with Crippen LogP contribution in [-0.4, -0.2) is 15.9 Å². The Morgan fingerprint density at radius 1 is 0.800 bits per heavy atom. The van der Waals surface area contributed by atoms with E-state index in [9.17, 15) is 18.0 Å². The molecular formula is C26H18F3N5O. The smallest absolute Gasteiger partial charge is 0.397 e. The van der Waals surface area contributed by atoms with Crippen LogP contribution in [-0.2, 0) is 6.18 Å². The Balaban J connectivity index is 1.50. The molecule has 4 N–H and O–H groups in total. The molecule has 9 heteroatoms. The Morgan fingerprint density at radius 2 is 1.51 bits per heavy atom. The van der Waals surface area contributed by atoms with E-state index >= 15 is 0 Å². The Morgan fingerprint density at radius 3 is 2.34 bits per heavy atom. The zero-order valence-corrected chi connectivity index (χ0v) is 18.1. The zero-order valence-electron chi connectivity index (χ0n) is 18.1. The number of carbonyl (C=O) groups excluding carboxylic acids is 1. The summed E-state index contributed by atoms with van der Waals surface area (Å²) in [5.74, 6) is -0.456. The van der Waals surface area contributed by atoms with Crippen molar-refractivity contribution >= 4 is 50.5 Å². The third-order valence-corrected chi connectivity index (χ3v) is 5.56. The summed E-state index contributed by atoms with van der Waals surface area (Å²) >= 11 is 0. The van der Waals surface area contributed by atoms with Crippen LogP contribution in [0.25, 0.3) is 21.7 Å². The number of nitrogens with one attached hydrogen (secondary N) is 2. The minimum absolute atomic E-state index is 0.117. The molecule has 5 rings (SSSR count). The average molecular weight is 473 g/mol. The third kappa shape index (κ3) is 4.31. The van der Waals surface area contributed by atoms with Crippen molar-refractivity contribution in [2.45, 2.75) is 6.18 Å². The maximum atomic E-state index is 13.0. The number of fused-ring (bicyclic) bond motifs is 2. The van der Waals surface area contributed by atoms with Gasteiger partial charge in [0, 0.05) is 45.5 Å². The Labute approximate surface area is 197 Å². The minimum atomic E-state index is -4.55. The molecule has 2 heterocycles. The topological polar surface area (TPSA) is 92.9 Å². The number of alkyl halides is 3. The molecule has 0 unspecified atom stereocenters. The van der Waals surface area contributed by atoms with Gasteiger partial charge in [-0.2, -0.15) is 13.2 Å². The van der Waals surface area contributed by atoms with Crippen molar-refractivity contribution < 1.29 is 18.0 Å². The normalized spacial score (nSPS) is 11.5. The van der Waals surface area contributed by atoms with E-state index in [2.05, 4.69) is 20.6 Å². The molecule has 0 saturated carbocycles. The number of benzene rings is 3. The van der Waals surface area contributed by atoms with Crippen molar-refractivity contribution in [1.82, 2.24) is 9.97 Å². The molecule has 0 spiro atoms. The number of halogens is 3. The number of hydrogen-bond donors (Lipinski definition) is 3. The summed E-state index contributed by atoms with van der Waals surface area (Å²) in [4.78, 5) is 21.3. The van der Waals surface area contributed by atoms with Gasteiger partial charge < -0.3 is 16.4 Å². The molecule has 2 aromatic heterocycles. The number of anilines is 4. The third-order valence-electron chi connectivity index (χ3n) is 5.56. The molecule has 0 fully saturated rings. The molecular weight excluding hydrogens is 455 g/mol. The van der Waals surface area contributed by atoms with E-state index in [1.54, 1.807) is 30.5 Å². The van der Waals surface area contributed by atoms with Crippen molar-refractivity contribution in [1.29, 1.82) is 0 Å². The molecule has 0 bridgehead atoms. The van der Waals surface area contributed by atoms with Crippen LogP contribution >= 0.6 is 0 Å². The first-order valence-corrected chi connectivity index (χ1v) is 10.6. The van der Waals surface area contributed by atoms with Gasteiger partial charge in [0.1, 0.15) is 5.82 Å². The fourth-order valence-corrected chi connectivity index (χ4v) is 3.89. The maximum Gasteiger partial charge on any atom is 0.416 e. The lowest BCUT2D eigenvalue weighted by Crippen LogP contribution is -2.15. The maximum absolute atomic E-state index is 13.0. The average Bonchev–Trinajstić information content (AvgIpc) is 2.85. The monoisotopic (exact) mass is 473 g/mol. The van der Waals surface area contributed by atoms with Crippen molar-refractivity contribution in [3.63, 3.8) is 0 Å². The number of amides is 1. The van der Waals surface area contributed by atoms with Gasteiger partial charge in [-0.05, 0) is 42.5 Å². The van der Waals surface area contributed by atoms with Crippen LogP contribution in [0.15, 0.2) is 85.2 Å². The van der Waals surface area contributed by atoms with E-state index in [0.717, 1.165) is 34.3 Å². The molecule has 0 aliphatic carbocycles. The summed E-state index contributed by atoms with van der Waals surface area (Å²) in [6, 6.07) is 18.9. The standard InChI is InChI=1S/C26H18F3N5O/c27-26(28,29)16-5-1-4-15(14-16)25(35)34-24-18-6-3-9-21(17(18)10-12-32-24)33-22-11-13-31-23-19(22)7-2-8-20(23)30/h1-14H,30H2,(H,31,33)(H,32,34,35). The highest BCUT2D eigenvalue weighted by Gasteiger charge is 2.31. The molecule has 0 aliphatic rings. The van der Waals surface area contributed by atoms with Gasteiger partial charge in [0.05, 0.1) is 16.8 Å². The van der Waals surface area contributed by atoms with Gasteiger partial charge >= 0.3 is 6.18 Å². The number of pyridine rings is 2. The van der Waals surface area contributed by atoms with Crippen LogP contribution in [0.1, 0.15) is 15.9 Å². The largest absolute Gasteiger partial charge is 0.416 e. The van der Waals surface area contributed by atoms with Crippen molar-refractivity contribution in [2.75, 3.05) is 16.4 Å². The lowest BCUT2D eigenvalue weighted by atomic mass is 10.1. The molecule has 0 saturated heterocycles. The summed E-state index contributed by atoms with van der Waals surface area (Å²) in [7, 11) is 0. The number of aromatic nitrogens is 2. The number of nitrogens with two attached hydrogens (primary N) is 1. The van der Waals surface area contributed by atoms with Gasteiger partial charge in [-0.25, -0.2) is 4.98 Å². The Hall–Kier alpha value is -4.66. The Kier molecular flexibility index (Phi) is 5.44. The SMILES string of the molecule is Nc1cccc2c(Nc3cccc4c(NC(=O)c5cccc(C(F)(F)F)c5)nccc34)ccnc12. The number of hydrogen-bond acceptors (Lipinski definition) is 5. The highest BCUT2D eigenvalue weighted by molar-refractivity contribution is 6.10. The molecule has 5 aromatic rings. The van der Waals surface area contributed by atoms with Crippen LogP contribution in [0, 0.1) is 0 Å². The Bertz CT molecular complexity index is 1580. The molecule has 1 amide bonds. The second-order valence-electron chi connectivity index (χ2n) is 7.82. The second-order valence-corrected chi connectivity index (χ2v) is 7.82. The lowest BCUT2D eigenvalue weighted by molar-refractivity contribution is -0.137. The molecule has 35 heavy (non-hydrogen) atoms. The summed E-state index contributed by atoms with van der Waals surface area (Å²) in [6.45, 7) is 0. The number of nitrogens with zero attached hydrogens (tertiary/aromatic N) is 2. The predicted octanol–water partition coefficient (Wildman–Crippen LogP) is 6.38. The van der Waals surface area contributed by atoms with Crippen molar-refractivity contribution in [2.24, 2.45) is 0 Å². The van der Waals surface area contributed by atoms with E-state index in [4.69, 9.17) is 5.73 Å². The first-order chi connectivity index (χ1) is 16.8. The quantitative estimate of drug-likeness (QED) is 0.263. The first kappa shape index (κ1) is 22.1. The summed E-state index contributed by atoms with van der Waals surface area (Å²) in [5.41, 5.74) is 7.82. The molecule has 0 radical (unpaired) electrons. The van der Waals surface area contributed by atoms with Gasteiger partial charge in [-0.15, -0.1) is 0 Å². The van der Waals surface area contributed by atoms with Gasteiger partial charge in [0.25, 0.3) is 5.91 Å². The number of carbonyl (C=O) groups is 1. The molecule has 0 aliphatic heterocycles. The fourth-order valence-electron chi connectivity index (χ4n) is 3.89. The number of rotatable bonds is 4. The lowest BCUT2D eigenvalue weighted by Gasteiger charge is -2.14. The summed E-state index contributed by atoms with van der Waals surface area (Å²) in [6.07, 6.45) is -1.36. The molecule has 0 atom stereocenters. The van der Waals surface area contributed by atoms with Crippen LogP contribution in [0.2, 0.25) is 0 Å². The van der Waals surface area contributed by atoms with Gasteiger partial charge in [-0.1, -0.05) is 30.3 Å². The molecule has 3 aromatic carbocycles. The van der Waals surface area contributed by atoms with Crippen LogP contribution in [0.3, 0.4) is 0 Å². The highest BCUT2D eigenvalue weighted by Crippen LogP contribution is 2.34. The van der Waals surface area contributed by atoms with E-state index in [0.29, 0.717) is 16.6 Å². The highest BCUT2D eigenvalue weighted by atomic mass is 19.4. The second kappa shape index (κ2) is 8.60. The van der Waals surface area contributed by atoms with E-state index < -0.39 is 17.6 Å². The molecule has 6 nitrogen and oxygen atoms in total. The zero-order chi connectivity index (χ0) is 24.6. The predicted molar refractivity (Wildman–Crippen MR) is 131 cm³/mol. The van der Waals surface area contributed by atoms with Gasteiger partial charge in [0.2, 0.25) is 0 Å². The summed E-state index contributed by atoms with van der Waals surface area (Å²) < 4.78 is 39.1. The van der Waals surface area contributed by atoms with Crippen molar-refractivity contribution in [3.05, 3.63) is 96.3 Å². The summed E-state index contributed by atoms with van der Waals surface area (Å²) in [5, 5.41) is 8.25. The van der Waals surface area contributed by atoms with Crippen molar-refractivity contribution in [3.8, 4) is 0 Å². The van der Waals surface area contributed by atoms with Crippen LogP contribution in [0.5, 0.6) is 0 Å². The van der Waals surface area contributed by atoms with Crippen LogP contribution < -0.4 is 16.4 Å². The number of nitrogen functional groups attached to an aromatic ring is 1.